The highest BCUT2D eigenvalue weighted by molar-refractivity contribution is 8.93. The molecule has 2 atom stereocenters. The Morgan fingerprint density at radius 3 is 2.61 bits per heavy atom. The van der Waals surface area contributed by atoms with Gasteiger partial charge in [0.2, 0.25) is 0 Å². The number of β-amino-alcohol motifs (C(OH)–C–C–N with tert-alkyl or cyclic N) is 1. The van der Waals surface area contributed by atoms with E-state index < -0.39 is 11.0 Å². The molecule has 2 unspecified atom stereocenters. The molecule has 0 bridgehead atoms. The normalized spacial score (nSPS) is 22.9. The molecular formula is C11H15BrN2O4. The van der Waals surface area contributed by atoms with Gasteiger partial charge < -0.3 is 15.2 Å². The second-order valence-corrected chi connectivity index (χ2v) is 3.97. The van der Waals surface area contributed by atoms with E-state index in [0.29, 0.717) is 12.3 Å². The fourth-order valence-corrected chi connectivity index (χ4v) is 1.78. The number of ether oxygens (including phenoxy) is 1. The van der Waals surface area contributed by atoms with Gasteiger partial charge in [-0.25, -0.2) is 0 Å². The summed E-state index contributed by atoms with van der Waals surface area (Å²) in [7, 11) is 0. The molecule has 1 aliphatic heterocycles. The Morgan fingerprint density at radius 2 is 2.06 bits per heavy atom. The number of aliphatic hydroxyl groups excluding tert-OH is 1. The van der Waals surface area contributed by atoms with Crippen molar-refractivity contribution in [1.82, 2.24) is 5.32 Å². The second kappa shape index (κ2) is 6.67. The predicted octanol–water partition coefficient (Wildman–Crippen LogP) is 1.27. The fourth-order valence-electron chi connectivity index (χ4n) is 1.78. The Bertz CT molecular complexity index is 399. The summed E-state index contributed by atoms with van der Waals surface area (Å²) < 4.78 is 5.59. The van der Waals surface area contributed by atoms with Gasteiger partial charge in [0.15, 0.2) is 0 Å². The van der Waals surface area contributed by atoms with Crippen LogP contribution in [0.4, 0.5) is 5.69 Å². The maximum Gasteiger partial charge on any atom is 0.269 e. The number of halogens is 1. The Kier molecular flexibility index (Phi) is 5.52. The van der Waals surface area contributed by atoms with Gasteiger partial charge >= 0.3 is 0 Å². The zero-order chi connectivity index (χ0) is 12.3. The number of hydrogen-bond donors (Lipinski definition) is 2. The van der Waals surface area contributed by atoms with Crippen LogP contribution in [0.15, 0.2) is 24.3 Å². The lowest BCUT2D eigenvalue weighted by Crippen LogP contribution is -2.46. The second-order valence-electron chi connectivity index (χ2n) is 3.97. The van der Waals surface area contributed by atoms with E-state index in [1.165, 1.54) is 12.1 Å². The number of nitrogens with one attached hydrogen (secondary N) is 1. The molecule has 100 valence electrons. The van der Waals surface area contributed by atoms with Gasteiger partial charge in [-0.15, -0.1) is 17.0 Å². The summed E-state index contributed by atoms with van der Waals surface area (Å²) in [5, 5.41) is 23.2. The molecule has 1 aliphatic rings. The third-order valence-corrected chi connectivity index (χ3v) is 2.72. The molecule has 1 heterocycles. The molecule has 2 N–H and O–H groups in total. The van der Waals surface area contributed by atoms with Crippen LogP contribution < -0.4 is 10.1 Å². The van der Waals surface area contributed by atoms with Crippen molar-refractivity contribution in [3.63, 3.8) is 0 Å². The van der Waals surface area contributed by atoms with Gasteiger partial charge in [0.25, 0.3) is 5.69 Å². The minimum Gasteiger partial charge on any atom is -0.488 e. The predicted molar refractivity (Wildman–Crippen MR) is 71.3 cm³/mol. The maximum atomic E-state index is 10.5. The lowest BCUT2D eigenvalue weighted by Gasteiger charge is -2.28. The van der Waals surface area contributed by atoms with Crippen molar-refractivity contribution in [2.45, 2.75) is 18.6 Å². The lowest BCUT2D eigenvalue weighted by atomic mass is 10.1. The molecule has 1 aromatic carbocycles. The summed E-state index contributed by atoms with van der Waals surface area (Å²) in [5.41, 5.74) is 0.0307. The van der Waals surface area contributed by atoms with Gasteiger partial charge in [-0.1, -0.05) is 0 Å². The molecule has 1 saturated heterocycles. The van der Waals surface area contributed by atoms with E-state index in [-0.39, 0.29) is 28.8 Å². The summed E-state index contributed by atoms with van der Waals surface area (Å²) in [4.78, 5) is 10.0. The zero-order valence-electron chi connectivity index (χ0n) is 9.61. The number of non-ortho nitro benzene ring substituents is 1. The third kappa shape index (κ3) is 3.66. The van der Waals surface area contributed by atoms with Crippen LogP contribution in [0.3, 0.4) is 0 Å². The maximum absolute atomic E-state index is 10.5. The lowest BCUT2D eigenvalue weighted by molar-refractivity contribution is -0.384. The Hall–Kier alpha value is -1.18. The van der Waals surface area contributed by atoms with E-state index in [2.05, 4.69) is 5.32 Å². The number of aliphatic hydroxyl groups is 1. The minimum absolute atomic E-state index is 0. The highest BCUT2D eigenvalue weighted by Gasteiger charge is 2.24. The Labute approximate surface area is 115 Å². The number of benzene rings is 1. The van der Waals surface area contributed by atoms with Crippen LogP contribution >= 0.6 is 17.0 Å². The molecule has 0 amide bonds. The van der Waals surface area contributed by atoms with Crippen molar-refractivity contribution < 1.29 is 14.8 Å². The fraction of sp³-hybridized carbons (Fsp3) is 0.455. The van der Waals surface area contributed by atoms with Crippen molar-refractivity contribution in [2.24, 2.45) is 0 Å². The van der Waals surface area contributed by atoms with Crippen molar-refractivity contribution in [2.75, 3.05) is 13.1 Å². The number of rotatable bonds is 3. The van der Waals surface area contributed by atoms with Crippen LogP contribution in [-0.2, 0) is 0 Å². The average molecular weight is 319 g/mol. The summed E-state index contributed by atoms with van der Waals surface area (Å²) >= 11 is 0. The van der Waals surface area contributed by atoms with Crippen LogP contribution in [0.5, 0.6) is 5.75 Å². The van der Waals surface area contributed by atoms with Crippen molar-refractivity contribution in [1.29, 1.82) is 0 Å². The highest BCUT2D eigenvalue weighted by atomic mass is 79.9. The standard InChI is InChI=1S/C11H14N2O4.BrH/c14-10-7-12-6-5-11(10)17-9-3-1-8(2-4-9)13(15)16;/h1-4,10-12,14H,5-7H2;1H. The van der Waals surface area contributed by atoms with Crippen molar-refractivity contribution in [3.8, 4) is 5.75 Å². The smallest absolute Gasteiger partial charge is 0.269 e. The molecule has 6 nitrogen and oxygen atoms in total. The highest BCUT2D eigenvalue weighted by Crippen LogP contribution is 2.20. The van der Waals surface area contributed by atoms with Gasteiger partial charge in [-0.3, -0.25) is 10.1 Å². The van der Waals surface area contributed by atoms with Crippen LogP contribution in [-0.4, -0.2) is 35.3 Å². The number of nitro benzene ring substituents is 1. The first-order valence-corrected chi connectivity index (χ1v) is 5.47. The molecule has 1 fully saturated rings. The first-order valence-electron chi connectivity index (χ1n) is 5.47. The number of nitrogens with zero attached hydrogens (tertiary/aromatic N) is 1. The monoisotopic (exact) mass is 318 g/mol. The van der Waals surface area contributed by atoms with E-state index in [0.717, 1.165) is 13.0 Å². The van der Waals surface area contributed by atoms with Crippen LogP contribution in [0, 0.1) is 10.1 Å². The molecule has 0 aromatic heterocycles. The zero-order valence-corrected chi connectivity index (χ0v) is 11.3. The molecule has 7 heteroatoms. The first-order chi connectivity index (χ1) is 8.16. The van der Waals surface area contributed by atoms with Gasteiger partial charge in [-0.2, -0.15) is 0 Å². The first kappa shape index (κ1) is 14.9. The van der Waals surface area contributed by atoms with Gasteiger partial charge in [0, 0.05) is 18.7 Å². The van der Waals surface area contributed by atoms with Gasteiger partial charge in [0.05, 0.1) is 4.92 Å². The number of nitro groups is 1. The minimum atomic E-state index is -0.543. The topological polar surface area (TPSA) is 84.6 Å². The Morgan fingerprint density at radius 1 is 1.39 bits per heavy atom. The molecule has 0 radical (unpaired) electrons. The molecule has 18 heavy (non-hydrogen) atoms. The molecule has 1 aromatic rings. The van der Waals surface area contributed by atoms with Gasteiger partial charge in [0.1, 0.15) is 18.0 Å². The molecule has 0 saturated carbocycles. The average Bonchev–Trinajstić information content (AvgIpc) is 2.33. The molecule has 0 aliphatic carbocycles. The van der Waals surface area contributed by atoms with Crippen LogP contribution in [0.2, 0.25) is 0 Å². The van der Waals surface area contributed by atoms with E-state index >= 15 is 0 Å². The van der Waals surface area contributed by atoms with Gasteiger partial charge in [-0.05, 0) is 25.1 Å². The van der Waals surface area contributed by atoms with E-state index in [1.807, 2.05) is 0 Å². The quantitative estimate of drug-likeness (QED) is 0.647. The number of hydrogen-bond acceptors (Lipinski definition) is 5. The largest absolute Gasteiger partial charge is 0.488 e. The van der Waals surface area contributed by atoms with Crippen LogP contribution in [0.1, 0.15) is 6.42 Å². The summed E-state index contributed by atoms with van der Waals surface area (Å²) in [5.74, 6) is 0.543. The van der Waals surface area contributed by atoms with E-state index in [1.54, 1.807) is 12.1 Å². The summed E-state index contributed by atoms with van der Waals surface area (Å²) in [6.07, 6.45) is -0.0744. The van der Waals surface area contributed by atoms with Crippen molar-refractivity contribution in [3.05, 3.63) is 34.4 Å². The van der Waals surface area contributed by atoms with E-state index in [4.69, 9.17) is 4.74 Å². The SMILES string of the molecule is Br.O=[N+]([O-])c1ccc(OC2CCNCC2O)cc1. The van der Waals surface area contributed by atoms with Crippen molar-refractivity contribution >= 4 is 22.7 Å². The molecule has 0 spiro atoms. The van der Waals surface area contributed by atoms with Crippen LogP contribution in [0.25, 0.3) is 0 Å². The summed E-state index contributed by atoms with van der Waals surface area (Å²) in [6.45, 7) is 1.31. The van der Waals surface area contributed by atoms with E-state index in [9.17, 15) is 15.2 Å². The molecule has 2 rings (SSSR count). The number of piperidine rings is 1. The third-order valence-electron chi connectivity index (χ3n) is 2.72. The summed E-state index contributed by atoms with van der Waals surface area (Å²) in [6, 6.07) is 5.88. The Balaban J connectivity index is 0.00000162. The molecular weight excluding hydrogens is 304 g/mol.